The van der Waals surface area contributed by atoms with E-state index in [0.717, 1.165) is 5.69 Å². The van der Waals surface area contributed by atoms with Crippen LogP contribution in [0.2, 0.25) is 0 Å². The zero-order valence-electron chi connectivity index (χ0n) is 6.59. The summed E-state index contributed by atoms with van der Waals surface area (Å²) in [5.74, 6) is 0. The van der Waals surface area contributed by atoms with E-state index in [-0.39, 0.29) is 5.69 Å². The molecule has 0 fully saturated rings. The first-order valence-corrected chi connectivity index (χ1v) is 4.64. The third-order valence-corrected chi connectivity index (χ3v) is 2.33. The molecular formula is C8H6IN3O. The summed E-state index contributed by atoms with van der Waals surface area (Å²) in [6.07, 6.45) is 1.50. The predicted molar refractivity (Wildman–Crippen MR) is 57.2 cm³/mol. The summed E-state index contributed by atoms with van der Waals surface area (Å²) in [6.45, 7) is 0. The highest BCUT2D eigenvalue weighted by molar-refractivity contribution is 14.1. The van der Waals surface area contributed by atoms with E-state index in [9.17, 15) is 4.79 Å². The lowest BCUT2D eigenvalue weighted by atomic mass is 10.3. The van der Waals surface area contributed by atoms with Gasteiger partial charge in [0.25, 0.3) is 0 Å². The van der Waals surface area contributed by atoms with Gasteiger partial charge in [-0.1, -0.05) is 18.2 Å². The molecule has 4 nitrogen and oxygen atoms in total. The highest BCUT2D eigenvalue weighted by Crippen LogP contribution is 2.02. The van der Waals surface area contributed by atoms with E-state index >= 15 is 0 Å². The highest BCUT2D eigenvalue weighted by atomic mass is 127. The van der Waals surface area contributed by atoms with Crippen molar-refractivity contribution in [1.29, 1.82) is 0 Å². The topological polar surface area (TPSA) is 39.8 Å². The molecule has 0 amide bonds. The van der Waals surface area contributed by atoms with Crippen LogP contribution in [0.5, 0.6) is 0 Å². The molecule has 0 aliphatic rings. The maximum Gasteiger partial charge on any atom is 0.359 e. The second-order valence-electron chi connectivity index (χ2n) is 2.48. The van der Waals surface area contributed by atoms with Crippen molar-refractivity contribution < 1.29 is 0 Å². The average molecular weight is 287 g/mol. The molecule has 0 unspecified atom stereocenters. The van der Waals surface area contributed by atoms with Crippen LogP contribution in [0.25, 0.3) is 5.69 Å². The summed E-state index contributed by atoms with van der Waals surface area (Å²) in [7, 11) is 0. The molecule has 1 aromatic carbocycles. The van der Waals surface area contributed by atoms with E-state index in [1.807, 2.05) is 53.2 Å². The van der Waals surface area contributed by atoms with Crippen LogP contribution in [-0.4, -0.2) is 12.6 Å². The van der Waals surface area contributed by atoms with Gasteiger partial charge in [0.1, 0.15) is 6.33 Å². The van der Waals surface area contributed by atoms with Crippen molar-refractivity contribution in [3.8, 4) is 5.69 Å². The van der Waals surface area contributed by atoms with E-state index in [0.29, 0.717) is 0 Å². The summed E-state index contributed by atoms with van der Waals surface area (Å²) in [6, 6.07) is 9.39. The molecule has 2 rings (SSSR count). The molecule has 0 radical (unpaired) electrons. The van der Waals surface area contributed by atoms with Gasteiger partial charge in [0.15, 0.2) is 0 Å². The molecule has 0 saturated carbocycles. The second kappa shape index (κ2) is 3.33. The second-order valence-corrected chi connectivity index (χ2v) is 3.39. The quantitative estimate of drug-likeness (QED) is 0.740. The van der Waals surface area contributed by atoms with Gasteiger partial charge in [-0.05, 0) is 12.1 Å². The predicted octanol–water partition coefficient (Wildman–Crippen LogP) is 1.23. The molecular weight excluding hydrogens is 281 g/mol. The van der Waals surface area contributed by atoms with Crippen molar-refractivity contribution in [2.75, 3.05) is 0 Å². The van der Waals surface area contributed by atoms with E-state index in [2.05, 4.69) is 5.10 Å². The Labute approximate surface area is 88.3 Å². The molecule has 1 aromatic heterocycles. The van der Waals surface area contributed by atoms with Gasteiger partial charge < -0.3 is 0 Å². The summed E-state index contributed by atoms with van der Waals surface area (Å²) < 4.78 is 2.76. The normalized spacial score (nSPS) is 10.2. The number of rotatable bonds is 1. The standard InChI is InChI=1S/C8H6IN3O/c9-12-8(13)11(6-10-12)7-4-2-1-3-5-7/h1-6H. The Morgan fingerprint density at radius 3 is 2.46 bits per heavy atom. The van der Waals surface area contributed by atoms with Crippen molar-refractivity contribution >= 4 is 22.9 Å². The fraction of sp³-hybridized carbons (Fsp3) is 0. The third kappa shape index (κ3) is 1.51. The molecule has 0 aliphatic carbocycles. The van der Waals surface area contributed by atoms with Gasteiger partial charge in [-0.3, -0.25) is 0 Å². The number of benzene rings is 1. The number of para-hydroxylation sites is 1. The fourth-order valence-electron chi connectivity index (χ4n) is 1.05. The van der Waals surface area contributed by atoms with E-state index < -0.39 is 0 Å². The maximum absolute atomic E-state index is 11.4. The Morgan fingerprint density at radius 2 is 1.92 bits per heavy atom. The van der Waals surface area contributed by atoms with Crippen molar-refractivity contribution in [3.63, 3.8) is 0 Å². The lowest BCUT2D eigenvalue weighted by molar-refractivity contribution is 0.966. The largest absolute Gasteiger partial charge is 0.359 e. The Bertz CT molecular complexity index is 460. The van der Waals surface area contributed by atoms with Crippen molar-refractivity contribution in [2.24, 2.45) is 0 Å². The van der Waals surface area contributed by atoms with Gasteiger partial charge in [0.2, 0.25) is 0 Å². The van der Waals surface area contributed by atoms with Crippen molar-refractivity contribution in [1.82, 2.24) is 12.6 Å². The van der Waals surface area contributed by atoms with Crippen LogP contribution in [0, 0.1) is 0 Å². The lowest BCUT2D eigenvalue weighted by Gasteiger charge is -1.96. The SMILES string of the molecule is O=c1n(-c2ccccc2)cnn1I. The summed E-state index contributed by atoms with van der Waals surface area (Å²) in [4.78, 5) is 11.4. The third-order valence-electron chi connectivity index (χ3n) is 1.67. The molecule has 5 heteroatoms. The Morgan fingerprint density at radius 1 is 1.23 bits per heavy atom. The van der Waals surface area contributed by atoms with Crippen molar-refractivity contribution in [2.45, 2.75) is 0 Å². The molecule has 66 valence electrons. The maximum atomic E-state index is 11.4. The Balaban J connectivity index is 2.60. The minimum Gasteiger partial charge on any atom is -0.249 e. The molecule has 0 saturated heterocycles. The monoisotopic (exact) mass is 287 g/mol. The van der Waals surface area contributed by atoms with Crippen LogP contribution in [0.3, 0.4) is 0 Å². The first-order valence-electron chi connectivity index (χ1n) is 3.67. The molecule has 0 N–H and O–H groups in total. The lowest BCUT2D eigenvalue weighted by Crippen LogP contribution is -2.17. The van der Waals surface area contributed by atoms with Crippen LogP contribution in [-0.2, 0) is 0 Å². The number of hydrogen-bond acceptors (Lipinski definition) is 2. The molecule has 2 aromatic rings. The van der Waals surface area contributed by atoms with Gasteiger partial charge in [-0.15, -0.1) is 5.10 Å². The molecule has 13 heavy (non-hydrogen) atoms. The van der Waals surface area contributed by atoms with Crippen LogP contribution in [0.4, 0.5) is 0 Å². The van der Waals surface area contributed by atoms with Gasteiger partial charge in [-0.2, -0.15) is 2.90 Å². The molecule has 0 bridgehead atoms. The number of halogens is 1. The molecule has 1 heterocycles. The number of aromatic nitrogens is 3. The number of hydrogen-bond donors (Lipinski definition) is 0. The summed E-state index contributed by atoms with van der Waals surface area (Å²) in [5.41, 5.74) is 0.683. The van der Waals surface area contributed by atoms with Crippen LogP contribution < -0.4 is 5.69 Å². The highest BCUT2D eigenvalue weighted by Gasteiger charge is 2.02. The molecule has 0 aliphatic heterocycles. The smallest absolute Gasteiger partial charge is 0.249 e. The zero-order chi connectivity index (χ0) is 9.26. The minimum atomic E-state index is -0.146. The van der Waals surface area contributed by atoms with Crippen LogP contribution in [0.15, 0.2) is 41.5 Å². The zero-order valence-corrected chi connectivity index (χ0v) is 8.75. The first-order chi connectivity index (χ1) is 6.29. The average Bonchev–Trinajstić information content (AvgIpc) is 2.49. The fourth-order valence-corrected chi connectivity index (χ4v) is 1.39. The van der Waals surface area contributed by atoms with Crippen LogP contribution in [0.1, 0.15) is 0 Å². The summed E-state index contributed by atoms with van der Waals surface area (Å²) in [5, 5.41) is 3.85. The van der Waals surface area contributed by atoms with E-state index in [4.69, 9.17) is 0 Å². The molecule has 0 atom stereocenters. The minimum absolute atomic E-state index is 0.146. The van der Waals surface area contributed by atoms with Crippen LogP contribution >= 0.6 is 22.9 Å². The first kappa shape index (κ1) is 8.49. The van der Waals surface area contributed by atoms with Gasteiger partial charge in [0.05, 0.1) is 28.6 Å². The molecule has 0 spiro atoms. The van der Waals surface area contributed by atoms with Crippen molar-refractivity contribution in [3.05, 3.63) is 47.1 Å². The Hall–Kier alpha value is -1.11. The Kier molecular flexibility index (Phi) is 2.17. The van der Waals surface area contributed by atoms with E-state index in [1.165, 1.54) is 13.8 Å². The van der Waals surface area contributed by atoms with E-state index in [1.54, 1.807) is 0 Å². The number of nitrogens with zero attached hydrogens (tertiary/aromatic N) is 3. The van der Waals surface area contributed by atoms with Gasteiger partial charge in [0, 0.05) is 0 Å². The van der Waals surface area contributed by atoms with Gasteiger partial charge in [-0.25, -0.2) is 9.36 Å². The van der Waals surface area contributed by atoms with Gasteiger partial charge >= 0.3 is 5.69 Å². The summed E-state index contributed by atoms with van der Waals surface area (Å²) >= 11 is 1.84.